The van der Waals surface area contributed by atoms with E-state index in [1.807, 2.05) is 0 Å². The van der Waals surface area contributed by atoms with Crippen LogP contribution in [0.4, 0.5) is 8.78 Å². The molecule has 0 aliphatic carbocycles. The molecular formula is C7H5F2O3S. The molecule has 13 heavy (non-hydrogen) atoms. The zero-order valence-corrected chi connectivity index (χ0v) is 7.36. The van der Waals surface area contributed by atoms with Crippen molar-refractivity contribution in [2.45, 2.75) is 0 Å². The van der Waals surface area contributed by atoms with Crippen molar-refractivity contribution in [3.8, 4) is 5.75 Å². The van der Waals surface area contributed by atoms with Crippen molar-refractivity contribution in [3.05, 3.63) is 29.8 Å². The Kier molecular flexibility index (Phi) is 2.51. The number of rotatable bonds is 2. The van der Waals surface area contributed by atoms with Crippen LogP contribution in [0.3, 0.4) is 0 Å². The van der Waals surface area contributed by atoms with Gasteiger partial charge in [0.1, 0.15) is 17.4 Å². The largest absolute Gasteiger partial charge is 0.382 e. The van der Waals surface area contributed by atoms with Gasteiger partial charge in [-0.05, 0) is 0 Å². The van der Waals surface area contributed by atoms with Gasteiger partial charge in [-0.1, -0.05) is 0 Å². The predicted octanol–water partition coefficient (Wildman–Crippen LogP) is 1.10. The summed E-state index contributed by atoms with van der Waals surface area (Å²) in [5.74, 6) is -2.44. The second kappa shape index (κ2) is 3.29. The SMILES string of the molecule is CS(=O)(=O)Oc1cc(F)[c]c(F)c1. The Morgan fingerprint density at radius 3 is 2.15 bits per heavy atom. The average molecular weight is 207 g/mol. The van der Waals surface area contributed by atoms with Crippen LogP contribution in [0.2, 0.25) is 0 Å². The van der Waals surface area contributed by atoms with E-state index in [1.165, 1.54) is 0 Å². The normalized spacial score (nSPS) is 11.3. The van der Waals surface area contributed by atoms with Gasteiger partial charge in [-0.25, -0.2) is 8.78 Å². The molecule has 0 fully saturated rings. The lowest BCUT2D eigenvalue weighted by atomic mass is 10.3. The molecule has 1 aromatic carbocycles. The Labute approximate surface area is 74.1 Å². The third-order valence-corrected chi connectivity index (χ3v) is 1.52. The second-order valence-electron chi connectivity index (χ2n) is 2.30. The van der Waals surface area contributed by atoms with Gasteiger partial charge < -0.3 is 4.18 Å². The maximum atomic E-state index is 12.4. The lowest BCUT2D eigenvalue weighted by Crippen LogP contribution is -2.06. The van der Waals surface area contributed by atoms with Crippen molar-refractivity contribution in [1.29, 1.82) is 0 Å². The molecule has 1 rings (SSSR count). The van der Waals surface area contributed by atoms with Gasteiger partial charge in [0.25, 0.3) is 0 Å². The first-order chi connectivity index (χ1) is 5.87. The number of halogens is 2. The van der Waals surface area contributed by atoms with E-state index in [9.17, 15) is 17.2 Å². The zero-order chi connectivity index (χ0) is 10.1. The quantitative estimate of drug-likeness (QED) is 0.682. The molecule has 0 aliphatic heterocycles. The number of hydrogen-bond acceptors (Lipinski definition) is 3. The van der Waals surface area contributed by atoms with Gasteiger partial charge in [-0.15, -0.1) is 0 Å². The Bertz CT molecular complexity index is 393. The van der Waals surface area contributed by atoms with Crippen molar-refractivity contribution in [1.82, 2.24) is 0 Å². The van der Waals surface area contributed by atoms with Crippen LogP contribution in [-0.4, -0.2) is 14.7 Å². The van der Waals surface area contributed by atoms with Crippen LogP contribution < -0.4 is 4.18 Å². The molecular weight excluding hydrogens is 202 g/mol. The highest BCUT2D eigenvalue weighted by Gasteiger charge is 2.07. The highest BCUT2D eigenvalue weighted by atomic mass is 32.2. The minimum atomic E-state index is -3.76. The summed E-state index contributed by atoms with van der Waals surface area (Å²) in [4.78, 5) is 0. The monoisotopic (exact) mass is 207 g/mol. The highest BCUT2D eigenvalue weighted by molar-refractivity contribution is 7.86. The molecule has 0 bridgehead atoms. The summed E-state index contributed by atoms with van der Waals surface area (Å²) < 4.78 is 50.2. The van der Waals surface area contributed by atoms with Crippen molar-refractivity contribution >= 4 is 10.1 Å². The molecule has 1 radical (unpaired) electrons. The van der Waals surface area contributed by atoms with Crippen LogP contribution in [0.15, 0.2) is 12.1 Å². The van der Waals surface area contributed by atoms with Crippen molar-refractivity contribution in [2.75, 3.05) is 6.26 Å². The molecule has 0 aliphatic rings. The molecule has 6 heteroatoms. The van der Waals surface area contributed by atoms with Crippen molar-refractivity contribution in [2.24, 2.45) is 0 Å². The van der Waals surface area contributed by atoms with E-state index in [0.29, 0.717) is 0 Å². The van der Waals surface area contributed by atoms with Crippen LogP contribution in [0, 0.1) is 17.7 Å². The van der Waals surface area contributed by atoms with Gasteiger partial charge in [0, 0.05) is 12.1 Å². The van der Waals surface area contributed by atoms with E-state index < -0.39 is 27.5 Å². The molecule has 3 nitrogen and oxygen atoms in total. The van der Waals surface area contributed by atoms with Gasteiger partial charge in [0.05, 0.1) is 12.3 Å². The minimum absolute atomic E-state index is 0.406. The summed E-state index contributed by atoms with van der Waals surface area (Å²) in [6.07, 6.45) is 0.777. The van der Waals surface area contributed by atoms with Gasteiger partial charge in [0.15, 0.2) is 0 Å². The van der Waals surface area contributed by atoms with E-state index in [4.69, 9.17) is 0 Å². The smallest absolute Gasteiger partial charge is 0.306 e. The Balaban J connectivity index is 3.03. The van der Waals surface area contributed by atoms with E-state index in [2.05, 4.69) is 4.18 Å². The predicted molar refractivity (Wildman–Crippen MR) is 40.7 cm³/mol. The fourth-order valence-electron chi connectivity index (χ4n) is 0.701. The fourth-order valence-corrected chi connectivity index (χ4v) is 1.15. The standard InChI is InChI=1S/C7H5F2O3S/c1-13(10,11)12-7-3-5(8)2-6(9)4-7/h3-4H,1H3. The van der Waals surface area contributed by atoms with Crippen LogP contribution in [0.25, 0.3) is 0 Å². The summed E-state index contributed by atoms with van der Waals surface area (Å²) in [5, 5.41) is 0. The van der Waals surface area contributed by atoms with E-state index in [-0.39, 0.29) is 0 Å². The van der Waals surface area contributed by atoms with Crippen molar-refractivity contribution in [3.63, 3.8) is 0 Å². The molecule has 0 heterocycles. The highest BCUT2D eigenvalue weighted by Crippen LogP contribution is 2.15. The van der Waals surface area contributed by atoms with Crippen LogP contribution in [0.1, 0.15) is 0 Å². The summed E-state index contributed by atoms with van der Waals surface area (Å²) in [6, 6.07) is 3.14. The first-order valence-corrected chi connectivity index (χ1v) is 4.96. The molecule has 0 atom stereocenters. The van der Waals surface area contributed by atoms with Crippen molar-refractivity contribution < 1.29 is 21.4 Å². The lowest BCUT2D eigenvalue weighted by molar-refractivity contribution is 0.484. The average Bonchev–Trinajstić information content (AvgIpc) is 1.78. The van der Waals surface area contributed by atoms with Crippen LogP contribution >= 0.6 is 0 Å². The molecule has 0 aromatic heterocycles. The topological polar surface area (TPSA) is 43.4 Å². The van der Waals surface area contributed by atoms with E-state index in [0.717, 1.165) is 18.4 Å². The molecule has 71 valence electrons. The molecule has 0 unspecified atom stereocenters. The zero-order valence-electron chi connectivity index (χ0n) is 6.54. The van der Waals surface area contributed by atoms with Crippen LogP contribution in [0.5, 0.6) is 5.75 Å². The van der Waals surface area contributed by atoms with E-state index >= 15 is 0 Å². The van der Waals surface area contributed by atoms with Crippen LogP contribution in [-0.2, 0) is 10.1 Å². The fraction of sp³-hybridized carbons (Fsp3) is 0.143. The first kappa shape index (κ1) is 9.91. The third-order valence-electron chi connectivity index (χ3n) is 1.02. The first-order valence-electron chi connectivity index (χ1n) is 3.15. The second-order valence-corrected chi connectivity index (χ2v) is 3.87. The lowest BCUT2D eigenvalue weighted by Gasteiger charge is -2.01. The molecule has 0 saturated heterocycles. The van der Waals surface area contributed by atoms with Gasteiger partial charge in [-0.3, -0.25) is 0 Å². The summed E-state index contributed by atoms with van der Waals surface area (Å²) >= 11 is 0. The van der Waals surface area contributed by atoms with Gasteiger partial charge >= 0.3 is 10.1 Å². The maximum absolute atomic E-state index is 12.4. The Morgan fingerprint density at radius 1 is 1.31 bits per heavy atom. The van der Waals surface area contributed by atoms with Gasteiger partial charge in [-0.2, -0.15) is 8.42 Å². The molecule has 0 amide bonds. The molecule has 0 N–H and O–H groups in total. The minimum Gasteiger partial charge on any atom is -0.382 e. The Hall–Kier alpha value is -1.17. The maximum Gasteiger partial charge on any atom is 0.306 e. The Morgan fingerprint density at radius 2 is 1.77 bits per heavy atom. The third kappa shape index (κ3) is 3.37. The number of benzene rings is 1. The van der Waals surface area contributed by atoms with E-state index in [1.54, 1.807) is 6.07 Å². The molecule has 1 aromatic rings. The van der Waals surface area contributed by atoms with Gasteiger partial charge in [0.2, 0.25) is 0 Å². The molecule has 0 spiro atoms. The summed E-state index contributed by atoms with van der Waals surface area (Å²) in [7, 11) is -3.76. The summed E-state index contributed by atoms with van der Waals surface area (Å²) in [6.45, 7) is 0. The number of hydrogen-bond donors (Lipinski definition) is 0. The molecule has 0 saturated carbocycles. The summed E-state index contributed by atoms with van der Waals surface area (Å²) in [5.41, 5.74) is 0.